The maximum atomic E-state index is 5.57. The molecule has 0 aromatic rings. The Labute approximate surface area is 67.9 Å². The van der Waals surface area contributed by atoms with E-state index >= 15 is 0 Å². The summed E-state index contributed by atoms with van der Waals surface area (Å²) in [5, 5.41) is 3.31. The summed E-state index contributed by atoms with van der Waals surface area (Å²) in [6, 6.07) is 0. The topological polar surface area (TPSA) is 21.3 Å². The molecular formula is C9H15NO. The molecule has 0 radical (unpaired) electrons. The van der Waals surface area contributed by atoms with E-state index in [-0.39, 0.29) is 5.72 Å². The van der Waals surface area contributed by atoms with Gasteiger partial charge in [0.25, 0.3) is 0 Å². The molecule has 0 atom stereocenters. The molecule has 2 nitrogen and oxygen atoms in total. The molecule has 1 fully saturated rings. The molecule has 0 aromatic carbocycles. The fourth-order valence-electron chi connectivity index (χ4n) is 1.39. The number of hydrogen-bond acceptors (Lipinski definition) is 2. The van der Waals surface area contributed by atoms with E-state index in [0.717, 1.165) is 26.0 Å². The van der Waals surface area contributed by atoms with E-state index in [1.54, 1.807) is 0 Å². The minimum Gasteiger partial charge on any atom is -0.359 e. The Bertz CT molecular complexity index is 136. The predicted molar refractivity (Wildman–Crippen MR) is 46.3 cm³/mol. The van der Waals surface area contributed by atoms with Crippen LogP contribution >= 0.6 is 0 Å². The van der Waals surface area contributed by atoms with Crippen molar-refractivity contribution >= 4 is 0 Å². The molecule has 0 saturated carbocycles. The SMILES string of the molecule is C=CCC1(CC=C)NCCO1. The van der Waals surface area contributed by atoms with Crippen LogP contribution < -0.4 is 5.32 Å². The lowest BCUT2D eigenvalue weighted by molar-refractivity contribution is -0.00463. The van der Waals surface area contributed by atoms with Gasteiger partial charge in [0.05, 0.1) is 6.61 Å². The molecule has 0 aliphatic carbocycles. The minimum atomic E-state index is -0.191. The number of hydrogen-bond donors (Lipinski definition) is 1. The van der Waals surface area contributed by atoms with Gasteiger partial charge in [-0.2, -0.15) is 0 Å². The van der Waals surface area contributed by atoms with Gasteiger partial charge >= 0.3 is 0 Å². The Balaban J connectivity index is 2.53. The van der Waals surface area contributed by atoms with Crippen LogP contribution in [0, 0.1) is 0 Å². The Morgan fingerprint density at radius 1 is 1.36 bits per heavy atom. The molecule has 1 saturated heterocycles. The summed E-state index contributed by atoms with van der Waals surface area (Å²) in [4.78, 5) is 0. The Morgan fingerprint density at radius 3 is 2.36 bits per heavy atom. The monoisotopic (exact) mass is 153 g/mol. The van der Waals surface area contributed by atoms with Gasteiger partial charge in [-0.1, -0.05) is 12.2 Å². The molecule has 1 aliphatic rings. The highest BCUT2D eigenvalue weighted by atomic mass is 16.5. The average molecular weight is 153 g/mol. The van der Waals surface area contributed by atoms with Gasteiger partial charge in [0.15, 0.2) is 0 Å². The summed E-state index contributed by atoms with van der Waals surface area (Å²) in [6.07, 6.45) is 5.45. The van der Waals surface area contributed by atoms with Crippen molar-refractivity contribution in [3.05, 3.63) is 25.3 Å². The van der Waals surface area contributed by atoms with E-state index in [0.29, 0.717) is 0 Å². The van der Waals surface area contributed by atoms with Gasteiger partial charge in [-0.05, 0) is 0 Å². The molecule has 0 amide bonds. The van der Waals surface area contributed by atoms with Crippen LogP contribution in [0.1, 0.15) is 12.8 Å². The third-order valence-corrected chi connectivity index (χ3v) is 1.88. The Morgan fingerprint density at radius 2 is 2.00 bits per heavy atom. The number of ether oxygens (including phenoxy) is 1. The second-order valence-electron chi connectivity index (χ2n) is 2.76. The van der Waals surface area contributed by atoms with Crippen LogP contribution in [-0.2, 0) is 4.74 Å². The summed E-state index contributed by atoms with van der Waals surface area (Å²) >= 11 is 0. The average Bonchev–Trinajstić information content (AvgIpc) is 2.39. The minimum absolute atomic E-state index is 0.191. The second kappa shape index (κ2) is 3.69. The van der Waals surface area contributed by atoms with Crippen LogP contribution in [0.5, 0.6) is 0 Å². The van der Waals surface area contributed by atoms with Crippen LogP contribution in [0.15, 0.2) is 25.3 Å². The van der Waals surface area contributed by atoms with Crippen molar-refractivity contribution in [1.29, 1.82) is 0 Å². The van der Waals surface area contributed by atoms with Crippen LogP contribution in [0.25, 0.3) is 0 Å². The van der Waals surface area contributed by atoms with E-state index < -0.39 is 0 Å². The van der Waals surface area contributed by atoms with Gasteiger partial charge in [0.1, 0.15) is 5.72 Å². The molecule has 0 aromatic heterocycles. The van der Waals surface area contributed by atoms with E-state index in [1.165, 1.54) is 0 Å². The highest BCUT2D eigenvalue weighted by molar-refractivity contribution is 4.94. The second-order valence-corrected chi connectivity index (χ2v) is 2.76. The van der Waals surface area contributed by atoms with E-state index in [2.05, 4.69) is 18.5 Å². The van der Waals surface area contributed by atoms with E-state index in [4.69, 9.17) is 4.74 Å². The molecule has 62 valence electrons. The molecular weight excluding hydrogens is 138 g/mol. The van der Waals surface area contributed by atoms with Gasteiger partial charge < -0.3 is 4.74 Å². The molecule has 1 aliphatic heterocycles. The van der Waals surface area contributed by atoms with Crippen LogP contribution in [-0.4, -0.2) is 18.9 Å². The number of nitrogens with one attached hydrogen (secondary N) is 1. The summed E-state index contributed by atoms with van der Waals surface area (Å²) in [5.74, 6) is 0. The predicted octanol–water partition coefficient (Wildman–Crippen LogP) is 1.45. The van der Waals surface area contributed by atoms with Crippen LogP contribution in [0.3, 0.4) is 0 Å². The lowest BCUT2D eigenvalue weighted by Crippen LogP contribution is -2.39. The molecule has 11 heavy (non-hydrogen) atoms. The molecule has 0 spiro atoms. The first kappa shape index (κ1) is 8.50. The van der Waals surface area contributed by atoms with Crippen molar-refractivity contribution in [2.75, 3.05) is 13.2 Å². The normalized spacial score (nSPS) is 21.5. The fourth-order valence-corrected chi connectivity index (χ4v) is 1.39. The van der Waals surface area contributed by atoms with Crippen LogP contribution in [0.2, 0.25) is 0 Å². The summed E-state index contributed by atoms with van der Waals surface area (Å²) in [7, 11) is 0. The fraction of sp³-hybridized carbons (Fsp3) is 0.556. The number of rotatable bonds is 4. The highest BCUT2D eigenvalue weighted by Gasteiger charge is 2.31. The molecule has 0 bridgehead atoms. The standard InChI is InChI=1S/C9H15NO/c1-3-5-9(6-4-2)10-7-8-11-9/h3-4,10H,1-2,5-8H2. The van der Waals surface area contributed by atoms with Gasteiger partial charge in [-0.15, -0.1) is 13.2 Å². The largest absolute Gasteiger partial charge is 0.359 e. The quantitative estimate of drug-likeness (QED) is 0.617. The Hall–Kier alpha value is -0.600. The van der Waals surface area contributed by atoms with Crippen molar-refractivity contribution in [1.82, 2.24) is 5.32 Å². The van der Waals surface area contributed by atoms with Crippen molar-refractivity contribution in [3.63, 3.8) is 0 Å². The zero-order valence-electron chi connectivity index (χ0n) is 6.81. The maximum absolute atomic E-state index is 5.57. The molecule has 0 unspecified atom stereocenters. The third kappa shape index (κ3) is 1.91. The van der Waals surface area contributed by atoms with Crippen molar-refractivity contribution in [2.24, 2.45) is 0 Å². The lowest BCUT2D eigenvalue weighted by atomic mass is 10.1. The van der Waals surface area contributed by atoms with Crippen molar-refractivity contribution in [3.8, 4) is 0 Å². The van der Waals surface area contributed by atoms with Crippen LogP contribution in [0.4, 0.5) is 0 Å². The first-order chi connectivity index (χ1) is 5.33. The smallest absolute Gasteiger partial charge is 0.126 e. The zero-order valence-corrected chi connectivity index (χ0v) is 6.81. The van der Waals surface area contributed by atoms with Gasteiger partial charge in [-0.3, -0.25) is 5.32 Å². The molecule has 1 N–H and O–H groups in total. The van der Waals surface area contributed by atoms with Crippen molar-refractivity contribution in [2.45, 2.75) is 18.6 Å². The lowest BCUT2D eigenvalue weighted by Gasteiger charge is -2.25. The Kier molecular flexibility index (Phi) is 2.85. The molecule has 1 rings (SSSR count). The van der Waals surface area contributed by atoms with Gasteiger partial charge in [0.2, 0.25) is 0 Å². The first-order valence-corrected chi connectivity index (χ1v) is 3.94. The highest BCUT2D eigenvalue weighted by Crippen LogP contribution is 2.21. The van der Waals surface area contributed by atoms with Gasteiger partial charge in [0, 0.05) is 19.4 Å². The molecule has 1 heterocycles. The van der Waals surface area contributed by atoms with Crippen molar-refractivity contribution < 1.29 is 4.74 Å². The summed E-state index contributed by atoms with van der Waals surface area (Å²) < 4.78 is 5.57. The maximum Gasteiger partial charge on any atom is 0.126 e. The van der Waals surface area contributed by atoms with Gasteiger partial charge in [-0.25, -0.2) is 0 Å². The molecule has 2 heteroatoms. The van der Waals surface area contributed by atoms with E-state index in [1.807, 2.05) is 12.2 Å². The summed E-state index contributed by atoms with van der Waals surface area (Å²) in [6.45, 7) is 9.12. The summed E-state index contributed by atoms with van der Waals surface area (Å²) in [5.41, 5.74) is -0.191. The van der Waals surface area contributed by atoms with E-state index in [9.17, 15) is 0 Å². The first-order valence-electron chi connectivity index (χ1n) is 3.94. The third-order valence-electron chi connectivity index (χ3n) is 1.88. The zero-order chi connectivity index (χ0) is 8.16.